The smallest absolute Gasteiger partial charge is 0.243 e. The van der Waals surface area contributed by atoms with Crippen molar-refractivity contribution in [2.75, 3.05) is 0 Å². The Labute approximate surface area is 201 Å². The van der Waals surface area contributed by atoms with Crippen molar-refractivity contribution in [1.29, 1.82) is 0 Å². The number of fused-ring (bicyclic) bond motifs is 1. The average Bonchev–Trinajstić information content (AvgIpc) is 3.25. The second kappa shape index (κ2) is 10.5. The first kappa shape index (κ1) is 22.1. The van der Waals surface area contributed by atoms with E-state index in [2.05, 4.69) is 58.0 Å². The highest BCUT2D eigenvalue weighted by molar-refractivity contribution is 5.84. The molecule has 4 nitrogen and oxygen atoms in total. The van der Waals surface area contributed by atoms with Gasteiger partial charge in [0.15, 0.2) is 0 Å². The van der Waals surface area contributed by atoms with Crippen LogP contribution in [0.1, 0.15) is 49.1 Å². The summed E-state index contributed by atoms with van der Waals surface area (Å²) in [6.07, 6.45) is 9.92. The number of aromatic nitrogens is 2. The van der Waals surface area contributed by atoms with Gasteiger partial charge in [-0.3, -0.25) is 4.79 Å². The fraction of sp³-hybridized carbons (Fsp3) is 0.267. The van der Waals surface area contributed by atoms with Crippen LogP contribution in [0.15, 0.2) is 84.9 Å². The molecular formula is C30H31N3O. The molecule has 1 saturated carbocycles. The van der Waals surface area contributed by atoms with Crippen LogP contribution in [-0.4, -0.2) is 26.4 Å². The van der Waals surface area contributed by atoms with Gasteiger partial charge in [0, 0.05) is 12.6 Å². The maximum atomic E-state index is 13.8. The molecule has 1 heterocycles. The number of nitrogens with zero attached hydrogens (tertiary/aromatic N) is 3. The van der Waals surface area contributed by atoms with Crippen molar-refractivity contribution in [3.63, 3.8) is 0 Å². The number of carbonyl (C=O) groups excluding carboxylic acids is 1. The highest BCUT2D eigenvalue weighted by Gasteiger charge is 2.26. The van der Waals surface area contributed by atoms with E-state index in [-0.39, 0.29) is 12.5 Å². The molecule has 4 heteroatoms. The van der Waals surface area contributed by atoms with Crippen molar-refractivity contribution in [3.05, 3.63) is 102 Å². The van der Waals surface area contributed by atoms with E-state index >= 15 is 0 Å². The molecule has 172 valence electrons. The summed E-state index contributed by atoms with van der Waals surface area (Å²) >= 11 is 0. The lowest BCUT2D eigenvalue weighted by Crippen LogP contribution is -2.42. The maximum absolute atomic E-state index is 13.8. The van der Waals surface area contributed by atoms with Crippen LogP contribution in [0, 0.1) is 0 Å². The predicted molar refractivity (Wildman–Crippen MR) is 139 cm³/mol. The summed E-state index contributed by atoms with van der Waals surface area (Å²) in [5, 5.41) is 0. The number of hydrogen-bond acceptors (Lipinski definition) is 2. The van der Waals surface area contributed by atoms with Gasteiger partial charge in [-0.25, -0.2) is 4.98 Å². The molecule has 1 aliphatic carbocycles. The molecule has 34 heavy (non-hydrogen) atoms. The van der Waals surface area contributed by atoms with Gasteiger partial charge in [-0.05, 0) is 42.2 Å². The Balaban J connectivity index is 1.46. The summed E-state index contributed by atoms with van der Waals surface area (Å²) in [6.45, 7) is 0.949. The summed E-state index contributed by atoms with van der Waals surface area (Å²) in [5.41, 5.74) is 4.20. The van der Waals surface area contributed by atoms with Gasteiger partial charge in [-0.2, -0.15) is 0 Å². The zero-order chi connectivity index (χ0) is 23.2. The Kier molecular flexibility index (Phi) is 6.85. The number of rotatable bonds is 7. The lowest BCUT2D eigenvalue weighted by molar-refractivity contribution is -0.135. The molecule has 0 atom stereocenters. The molecule has 4 aromatic rings. The monoisotopic (exact) mass is 449 g/mol. The number of benzene rings is 3. The van der Waals surface area contributed by atoms with Crippen LogP contribution in [0.25, 0.3) is 23.2 Å². The first-order valence-electron chi connectivity index (χ1n) is 12.3. The van der Waals surface area contributed by atoms with Gasteiger partial charge in [-0.1, -0.05) is 98.1 Å². The Morgan fingerprint density at radius 3 is 2.29 bits per heavy atom. The van der Waals surface area contributed by atoms with Crippen molar-refractivity contribution in [3.8, 4) is 0 Å². The van der Waals surface area contributed by atoms with E-state index in [0.717, 1.165) is 35.3 Å². The lowest BCUT2D eigenvalue weighted by Gasteiger charge is -2.35. The minimum absolute atomic E-state index is 0.160. The second-order valence-electron chi connectivity index (χ2n) is 9.09. The fourth-order valence-corrected chi connectivity index (χ4v) is 4.94. The molecule has 1 amide bonds. The third kappa shape index (κ3) is 5.12. The molecule has 0 unspecified atom stereocenters. The van der Waals surface area contributed by atoms with Gasteiger partial charge >= 0.3 is 0 Å². The van der Waals surface area contributed by atoms with E-state index in [1.807, 2.05) is 48.5 Å². The van der Waals surface area contributed by atoms with Gasteiger partial charge in [0.05, 0.1) is 11.0 Å². The summed E-state index contributed by atoms with van der Waals surface area (Å²) in [4.78, 5) is 20.8. The van der Waals surface area contributed by atoms with Crippen LogP contribution in [0.4, 0.5) is 0 Å². The van der Waals surface area contributed by atoms with Crippen LogP contribution in [0.5, 0.6) is 0 Å². The Morgan fingerprint density at radius 2 is 1.53 bits per heavy atom. The quantitative estimate of drug-likeness (QED) is 0.320. The average molecular weight is 450 g/mol. The minimum Gasteiger partial charge on any atom is -0.334 e. The minimum atomic E-state index is 0.160. The van der Waals surface area contributed by atoms with Gasteiger partial charge < -0.3 is 9.47 Å². The predicted octanol–water partition coefficient (Wildman–Crippen LogP) is 6.57. The number of hydrogen-bond donors (Lipinski definition) is 0. The fourth-order valence-electron chi connectivity index (χ4n) is 4.94. The zero-order valence-electron chi connectivity index (χ0n) is 19.5. The maximum Gasteiger partial charge on any atom is 0.243 e. The molecule has 0 radical (unpaired) electrons. The third-order valence-electron chi connectivity index (χ3n) is 6.73. The van der Waals surface area contributed by atoms with E-state index in [9.17, 15) is 4.79 Å². The van der Waals surface area contributed by atoms with Crippen LogP contribution in [0.2, 0.25) is 0 Å². The molecule has 1 aliphatic rings. The zero-order valence-corrected chi connectivity index (χ0v) is 19.5. The van der Waals surface area contributed by atoms with Crippen molar-refractivity contribution in [2.24, 2.45) is 0 Å². The Bertz CT molecular complexity index is 1250. The van der Waals surface area contributed by atoms with Crippen LogP contribution < -0.4 is 0 Å². The van der Waals surface area contributed by atoms with Gasteiger partial charge in [-0.15, -0.1) is 0 Å². The number of para-hydroxylation sites is 2. The molecule has 0 saturated heterocycles. The molecule has 1 aromatic heterocycles. The Hall–Kier alpha value is -3.66. The normalized spacial score (nSPS) is 14.6. The van der Waals surface area contributed by atoms with E-state index in [1.165, 1.54) is 24.8 Å². The Morgan fingerprint density at radius 1 is 0.853 bits per heavy atom. The van der Waals surface area contributed by atoms with Crippen molar-refractivity contribution >= 4 is 29.1 Å². The molecule has 0 bridgehead atoms. The SMILES string of the molecule is O=C(Cn1c(/C=C/c2ccccc2)nc2ccccc21)N(Cc1ccccc1)C1CCCCC1. The van der Waals surface area contributed by atoms with Gasteiger partial charge in [0.1, 0.15) is 12.4 Å². The van der Waals surface area contributed by atoms with Gasteiger partial charge in [0.25, 0.3) is 0 Å². The lowest BCUT2D eigenvalue weighted by atomic mass is 9.93. The highest BCUT2D eigenvalue weighted by atomic mass is 16.2. The van der Waals surface area contributed by atoms with Crippen molar-refractivity contribution < 1.29 is 4.79 Å². The second-order valence-corrected chi connectivity index (χ2v) is 9.09. The number of imidazole rings is 1. The number of amides is 1. The van der Waals surface area contributed by atoms with Crippen LogP contribution in [-0.2, 0) is 17.9 Å². The van der Waals surface area contributed by atoms with Crippen molar-refractivity contribution in [2.45, 2.75) is 51.2 Å². The van der Waals surface area contributed by atoms with E-state index in [1.54, 1.807) is 0 Å². The highest BCUT2D eigenvalue weighted by Crippen LogP contribution is 2.26. The first-order valence-corrected chi connectivity index (χ1v) is 12.3. The summed E-state index contributed by atoms with van der Waals surface area (Å²) in [5.74, 6) is 0.968. The summed E-state index contributed by atoms with van der Waals surface area (Å²) < 4.78 is 2.07. The standard InChI is InChI=1S/C30H31N3O/c34-30(32(26-16-8-3-9-17-26)22-25-14-6-2-7-15-25)23-33-28-19-11-10-18-27(28)31-29(33)21-20-24-12-4-1-5-13-24/h1-2,4-7,10-15,18-21,26H,3,8-9,16-17,22-23H2/b21-20+. The van der Waals surface area contributed by atoms with Gasteiger partial charge in [0.2, 0.25) is 5.91 Å². The van der Waals surface area contributed by atoms with E-state index < -0.39 is 0 Å². The van der Waals surface area contributed by atoms with E-state index in [4.69, 9.17) is 4.98 Å². The molecule has 0 aliphatic heterocycles. The van der Waals surface area contributed by atoms with Crippen LogP contribution >= 0.6 is 0 Å². The summed E-state index contributed by atoms with van der Waals surface area (Å²) in [6, 6.07) is 28.9. The first-order chi connectivity index (χ1) is 16.8. The molecule has 1 fully saturated rings. The molecule has 3 aromatic carbocycles. The summed E-state index contributed by atoms with van der Waals surface area (Å²) in [7, 11) is 0. The molecule has 5 rings (SSSR count). The third-order valence-corrected chi connectivity index (χ3v) is 6.73. The molecule has 0 spiro atoms. The van der Waals surface area contributed by atoms with E-state index in [0.29, 0.717) is 12.6 Å². The molecular weight excluding hydrogens is 418 g/mol. The molecule has 0 N–H and O–H groups in total. The van der Waals surface area contributed by atoms with Crippen molar-refractivity contribution in [1.82, 2.24) is 14.5 Å². The largest absolute Gasteiger partial charge is 0.334 e. The topological polar surface area (TPSA) is 38.1 Å². The van der Waals surface area contributed by atoms with Crippen LogP contribution in [0.3, 0.4) is 0 Å². The number of carbonyl (C=O) groups is 1.